The van der Waals surface area contributed by atoms with E-state index < -0.39 is 0 Å². The van der Waals surface area contributed by atoms with Crippen LogP contribution in [-0.4, -0.2) is 13.2 Å². The first-order valence-electron chi connectivity index (χ1n) is 6.56. The highest BCUT2D eigenvalue weighted by Crippen LogP contribution is 2.34. The van der Waals surface area contributed by atoms with Gasteiger partial charge in [0, 0.05) is 4.47 Å². The molecule has 3 nitrogen and oxygen atoms in total. The molecule has 2 N–H and O–H groups in total. The fraction of sp³-hybridized carbons (Fsp3) is 0.250. The number of aryl methyl sites for hydroxylation is 1. The summed E-state index contributed by atoms with van der Waals surface area (Å²) in [5.74, 6) is 1.56. The van der Waals surface area contributed by atoms with Crippen LogP contribution in [0.15, 0.2) is 40.9 Å². The van der Waals surface area contributed by atoms with Crippen molar-refractivity contribution in [3.8, 4) is 11.5 Å². The van der Waals surface area contributed by atoms with Crippen LogP contribution in [0.25, 0.3) is 0 Å². The van der Waals surface area contributed by atoms with Gasteiger partial charge in [-0.15, -0.1) is 0 Å². The zero-order valence-corrected chi connectivity index (χ0v) is 12.8. The van der Waals surface area contributed by atoms with Gasteiger partial charge in [0.25, 0.3) is 0 Å². The molecule has 1 heterocycles. The number of nitrogens with two attached hydrogens (primary N) is 1. The third-order valence-electron chi connectivity index (χ3n) is 3.50. The van der Waals surface area contributed by atoms with Crippen LogP contribution in [-0.2, 0) is 0 Å². The second-order valence-corrected chi connectivity index (χ2v) is 5.80. The summed E-state index contributed by atoms with van der Waals surface area (Å²) in [5, 5.41) is 0. The first kappa shape index (κ1) is 13.5. The van der Waals surface area contributed by atoms with E-state index >= 15 is 0 Å². The van der Waals surface area contributed by atoms with Crippen LogP contribution in [0.1, 0.15) is 22.7 Å². The summed E-state index contributed by atoms with van der Waals surface area (Å²) in [7, 11) is 0. The lowest BCUT2D eigenvalue weighted by atomic mass is 9.95. The molecule has 4 heteroatoms. The van der Waals surface area contributed by atoms with Crippen molar-refractivity contribution >= 4 is 15.9 Å². The maximum Gasteiger partial charge on any atom is 0.161 e. The number of rotatable bonds is 2. The molecule has 0 amide bonds. The highest BCUT2D eigenvalue weighted by molar-refractivity contribution is 9.10. The molecule has 0 saturated carbocycles. The van der Waals surface area contributed by atoms with Crippen molar-refractivity contribution in [2.24, 2.45) is 5.73 Å². The average molecular weight is 334 g/mol. The summed E-state index contributed by atoms with van der Waals surface area (Å²) in [4.78, 5) is 0. The fourth-order valence-corrected chi connectivity index (χ4v) is 2.76. The van der Waals surface area contributed by atoms with E-state index in [2.05, 4.69) is 35.0 Å². The Hall–Kier alpha value is -1.52. The van der Waals surface area contributed by atoms with Gasteiger partial charge >= 0.3 is 0 Å². The molecule has 1 aliphatic heterocycles. The zero-order chi connectivity index (χ0) is 14.1. The Balaban J connectivity index is 1.97. The van der Waals surface area contributed by atoms with Gasteiger partial charge in [0.2, 0.25) is 0 Å². The molecular weight excluding hydrogens is 318 g/mol. The van der Waals surface area contributed by atoms with Crippen LogP contribution in [0.5, 0.6) is 11.5 Å². The highest BCUT2D eigenvalue weighted by atomic mass is 79.9. The van der Waals surface area contributed by atoms with E-state index in [9.17, 15) is 0 Å². The van der Waals surface area contributed by atoms with Crippen molar-refractivity contribution in [2.45, 2.75) is 13.0 Å². The van der Waals surface area contributed by atoms with Gasteiger partial charge in [-0.25, -0.2) is 0 Å². The van der Waals surface area contributed by atoms with E-state index in [0.29, 0.717) is 13.2 Å². The predicted octanol–water partition coefficient (Wildman–Crippen LogP) is 3.58. The minimum absolute atomic E-state index is 0.177. The Kier molecular flexibility index (Phi) is 3.68. The van der Waals surface area contributed by atoms with Gasteiger partial charge < -0.3 is 15.2 Å². The van der Waals surface area contributed by atoms with E-state index in [0.717, 1.165) is 27.1 Å². The monoisotopic (exact) mass is 333 g/mol. The minimum atomic E-state index is -0.177. The van der Waals surface area contributed by atoms with Gasteiger partial charge in [-0.3, -0.25) is 0 Å². The van der Waals surface area contributed by atoms with E-state index in [-0.39, 0.29) is 6.04 Å². The quantitative estimate of drug-likeness (QED) is 0.913. The number of benzene rings is 2. The van der Waals surface area contributed by atoms with Crippen LogP contribution in [0.3, 0.4) is 0 Å². The van der Waals surface area contributed by atoms with Crippen molar-refractivity contribution in [1.29, 1.82) is 0 Å². The number of halogens is 1. The molecular formula is C16H16BrNO2. The Morgan fingerprint density at radius 2 is 1.80 bits per heavy atom. The molecule has 0 aromatic heterocycles. The van der Waals surface area contributed by atoms with Crippen molar-refractivity contribution in [3.63, 3.8) is 0 Å². The van der Waals surface area contributed by atoms with Gasteiger partial charge in [-0.1, -0.05) is 28.1 Å². The van der Waals surface area contributed by atoms with Crippen LogP contribution in [0.2, 0.25) is 0 Å². The Labute approximate surface area is 126 Å². The molecule has 0 saturated heterocycles. The topological polar surface area (TPSA) is 44.5 Å². The Morgan fingerprint density at radius 3 is 2.60 bits per heavy atom. The Bertz CT molecular complexity index is 642. The Morgan fingerprint density at radius 1 is 1.05 bits per heavy atom. The summed E-state index contributed by atoms with van der Waals surface area (Å²) >= 11 is 3.50. The van der Waals surface area contributed by atoms with Crippen LogP contribution in [0.4, 0.5) is 0 Å². The molecule has 1 atom stereocenters. The van der Waals surface area contributed by atoms with E-state index in [1.807, 2.05) is 24.3 Å². The number of hydrogen-bond donors (Lipinski definition) is 1. The molecule has 3 rings (SSSR count). The summed E-state index contributed by atoms with van der Waals surface area (Å²) in [6.45, 7) is 3.25. The average Bonchev–Trinajstić information content (AvgIpc) is 2.48. The predicted molar refractivity (Wildman–Crippen MR) is 82.3 cm³/mol. The molecule has 1 unspecified atom stereocenters. The van der Waals surface area contributed by atoms with Crippen LogP contribution >= 0.6 is 15.9 Å². The van der Waals surface area contributed by atoms with E-state index in [4.69, 9.17) is 15.2 Å². The normalized spacial score (nSPS) is 14.9. The highest BCUT2D eigenvalue weighted by Gasteiger charge is 2.17. The lowest BCUT2D eigenvalue weighted by molar-refractivity contribution is 0.171. The van der Waals surface area contributed by atoms with Gasteiger partial charge in [0.15, 0.2) is 11.5 Å². The lowest BCUT2D eigenvalue weighted by Gasteiger charge is -2.21. The second-order valence-electron chi connectivity index (χ2n) is 4.88. The van der Waals surface area contributed by atoms with E-state index in [1.165, 1.54) is 5.56 Å². The number of hydrogen-bond acceptors (Lipinski definition) is 3. The van der Waals surface area contributed by atoms with Gasteiger partial charge in [0.1, 0.15) is 13.2 Å². The molecule has 0 aliphatic carbocycles. The number of ether oxygens (including phenoxy) is 2. The first-order valence-corrected chi connectivity index (χ1v) is 7.35. The second kappa shape index (κ2) is 5.46. The molecule has 1 aliphatic rings. The molecule has 0 radical (unpaired) electrons. The largest absolute Gasteiger partial charge is 0.486 e. The fourth-order valence-electron chi connectivity index (χ4n) is 2.38. The molecule has 0 spiro atoms. The van der Waals surface area contributed by atoms with Gasteiger partial charge in [0.05, 0.1) is 6.04 Å². The van der Waals surface area contributed by atoms with Crippen molar-refractivity contribution in [3.05, 3.63) is 57.6 Å². The molecule has 0 fully saturated rings. The maximum atomic E-state index is 6.40. The molecule has 0 bridgehead atoms. The first-order chi connectivity index (χ1) is 9.65. The third-order valence-corrected chi connectivity index (χ3v) is 3.99. The molecule has 104 valence electrons. The standard InChI is InChI=1S/C16H16BrNO2/c1-10-2-4-12(17)9-13(10)16(18)11-3-5-14-15(8-11)20-7-6-19-14/h2-5,8-9,16H,6-7,18H2,1H3. The maximum absolute atomic E-state index is 6.40. The minimum Gasteiger partial charge on any atom is -0.486 e. The van der Waals surface area contributed by atoms with Gasteiger partial charge in [-0.2, -0.15) is 0 Å². The van der Waals surface area contributed by atoms with E-state index in [1.54, 1.807) is 0 Å². The molecule has 2 aromatic rings. The zero-order valence-electron chi connectivity index (χ0n) is 11.2. The van der Waals surface area contributed by atoms with Gasteiger partial charge in [-0.05, 0) is 47.9 Å². The number of fused-ring (bicyclic) bond motifs is 1. The summed E-state index contributed by atoms with van der Waals surface area (Å²) < 4.78 is 12.2. The molecule has 20 heavy (non-hydrogen) atoms. The van der Waals surface area contributed by atoms with Crippen LogP contribution < -0.4 is 15.2 Å². The molecule has 2 aromatic carbocycles. The summed E-state index contributed by atoms with van der Waals surface area (Å²) in [5.41, 5.74) is 9.71. The van der Waals surface area contributed by atoms with Crippen LogP contribution in [0, 0.1) is 6.92 Å². The van der Waals surface area contributed by atoms with Crippen molar-refractivity contribution in [1.82, 2.24) is 0 Å². The van der Waals surface area contributed by atoms with Crippen molar-refractivity contribution in [2.75, 3.05) is 13.2 Å². The smallest absolute Gasteiger partial charge is 0.161 e. The van der Waals surface area contributed by atoms with Crippen molar-refractivity contribution < 1.29 is 9.47 Å². The summed E-state index contributed by atoms with van der Waals surface area (Å²) in [6.07, 6.45) is 0. The third kappa shape index (κ3) is 2.53. The SMILES string of the molecule is Cc1ccc(Br)cc1C(N)c1ccc2c(c1)OCCO2. The lowest BCUT2D eigenvalue weighted by Crippen LogP contribution is -2.17. The summed E-state index contributed by atoms with van der Waals surface area (Å²) in [6, 6.07) is 11.9.